The topological polar surface area (TPSA) is 49.8 Å². The van der Waals surface area contributed by atoms with Crippen LogP contribution in [0, 0.1) is 29.0 Å². The van der Waals surface area contributed by atoms with E-state index in [1.54, 1.807) is 12.1 Å². The molecule has 0 fully saturated rings. The lowest BCUT2D eigenvalue weighted by molar-refractivity contribution is 0.626. The Balaban J connectivity index is 3.17. The zero-order valence-electron chi connectivity index (χ0n) is 6.84. The van der Waals surface area contributed by atoms with Crippen LogP contribution in [0.3, 0.4) is 0 Å². The van der Waals surface area contributed by atoms with E-state index in [0.717, 1.165) is 5.56 Å². The van der Waals surface area contributed by atoms with Gasteiger partial charge < -0.3 is 5.73 Å². The van der Waals surface area contributed by atoms with Gasteiger partial charge in [0.05, 0.1) is 0 Å². The highest BCUT2D eigenvalue weighted by Gasteiger charge is 1.99. The van der Waals surface area contributed by atoms with Crippen molar-refractivity contribution in [2.75, 3.05) is 0 Å². The van der Waals surface area contributed by atoms with Gasteiger partial charge in [0.15, 0.2) is 6.07 Å². The summed E-state index contributed by atoms with van der Waals surface area (Å²) in [5.41, 5.74) is 6.62. The minimum absolute atomic E-state index is 0.287. The Morgan fingerprint density at radius 3 is 2.85 bits per heavy atom. The first kappa shape index (κ1) is 9.25. The average Bonchev–Trinajstić information content (AvgIpc) is 2.15. The fourth-order valence-electron chi connectivity index (χ4n) is 0.938. The molecule has 0 radical (unpaired) electrons. The number of halogens is 1. The van der Waals surface area contributed by atoms with Crippen LogP contribution in [0.4, 0.5) is 4.39 Å². The maximum Gasteiger partial charge on any atom is 0.152 e. The quantitative estimate of drug-likeness (QED) is 0.649. The SMILES string of the molecule is N#CC#Cc1cc(F)ccc1CN. The number of benzene rings is 1. The monoisotopic (exact) mass is 174 g/mol. The van der Waals surface area contributed by atoms with E-state index < -0.39 is 0 Å². The molecule has 64 valence electrons. The van der Waals surface area contributed by atoms with Crippen molar-refractivity contribution in [1.82, 2.24) is 0 Å². The first-order valence-corrected chi connectivity index (χ1v) is 3.66. The zero-order valence-corrected chi connectivity index (χ0v) is 6.84. The van der Waals surface area contributed by atoms with E-state index in [9.17, 15) is 4.39 Å². The van der Waals surface area contributed by atoms with Crippen molar-refractivity contribution in [3.8, 4) is 17.9 Å². The highest BCUT2D eigenvalue weighted by Crippen LogP contribution is 2.09. The van der Waals surface area contributed by atoms with Crippen LogP contribution in [0.1, 0.15) is 11.1 Å². The van der Waals surface area contributed by atoms with Crippen molar-refractivity contribution in [1.29, 1.82) is 5.26 Å². The standard InChI is InChI=1S/C10H7FN2/c11-10-4-3-9(7-13)8(6-10)2-1-5-12/h3-4,6H,7,13H2. The van der Waals surface area contributed by atoms with Crippen molar-refractivity contribution in [2.45, 2.75) is 6.54 Å². The van der Waals surface area contributed by atoms with Gasteiger partial charge in [-0.15, -0.1) is 0 Å². The maximum absolute atomic E-state index is 12.7. The zero-order chi connectivity index (χ0) is 9.68. The number of nitrogens with two attached hydrogens (primary N) is 1. The van der Waals surface area contributed by atoms with Crippen molar-refractivity contribution in [3.63, 3.8) is 0 Å². The third kappa shape index (κ3) is 2.30. The molecule has 1 rings (SSSR count). The van der Waals surface area contributed by atoms with E-state index in [4.69, 9.17) is 11.0 Å². The molecule has 0 atom stereocenters. The van der Waals surface area contributed by atoms with E-state index in [1.807, 2.05) is 0 Å². The van der Waals surface area contributed by atoms with Gasteiger partial charge in [-0.1, -0.05) is 12.0 Å². The minimum Gasteiger partial charge on any atom is -0.326 e. The summed E-state index contributed by atoms with van der Waals surface area (Å²) in [5.74, 6) is 4.35. The van der Waals surface area contributed by atoms with Crippen molar-refractivity contribution < 1.29 is 4.39 Å². The third-order valence-electron chi connectivity index (χ3n) is 1.54. The Morgan fingerprint density at radius 1 is 1.46 bits per heavy atom. The first-order chi connectivity index (χ1) is 6.27. The highest BCUT2D eigenvalue weighted by molar-refractivity contribution is 5.43. The minimum atomic E-state index is -0.376. The molecule has 0 aliphatic heterocycles. The van der Waals surface area contributed by atoms with E-state index in [1.165, 1.54) is 12.1 Å². The second-order valence-corrected chi connectivity index (χ2v) is 2.37. The number of hydrogen-bond acceptors (Lipinski definition) is 2. The molecule has 2 nitrogen and oxygen atoms in total. The molecule has 0 aromatic heterocycles. The lowest BCUT2D eigenvalue weighted by Crippen LogP contribution is -1.99. The van der Waals surface area contributed by atoms with Gasteiger partial charge in [0.1, 0.15) is 5.82 Å². The second-order valence-electron chi connectivity index (χ2n) is 2.37. The van der Waals surface area contributed by atoms with Crippen molar-refractivity contribution >= 4 is 0 Å². The fraction of sp³-hybridized carbons (Fsp3) is 0.100. The molecule has 3 heteroatoms. The van der Waals surface area contributed by atoms with Crippen LogP contribution >= 0.6 is 0 Å². The molecule has 0 saturated carbocycles. The summed E-state index contributed by atoms with van der Waals surface area (Å²) in [4.78, 5) is 0. The molecule has 2 N–H and O–H groups in total. The Bertz CT molecular complexity index is 407. The lowest BCUT2D eigenvalue weighted by Gasteiger charge is -1.99. The Kier molecular flexibility index (Phi) is 3.03. The molecule has 0 aliphatic rings. The summed E-state index contributed by atoms with van der Waals surface area (Å²) in [6, 6.07) is 5.82. The summed E-state index contributed by atoms with van der Waals surface area (Å²) in [6.45, 7) is 0.287. The molecule has 0 bridgehead atoms. The van der Waals surface area contributed by atoms with Crippen LogP contribution in [0.25, 0.3) is 0 Å². The van der Waals surface area contributed by atoms with E-state index >= 15 is 0 Å². The van der Waals surface area contributed by atoms with Crippen LogP contribution < -0.4 is 5.73 Å². The Hall–Kier alpha value is -1.84. The highest BCUT2D eigenvalue weighted by atomic mass is 19.1. The van der Waals surface area contributed by atoms with E-state index in [0.29, 0.717) is 5.56 Å². The summed E-state index contributed by atoms with van der Waals surface area (Å²) >= 11 is 0. The van der Waals surface area contributed by atoms with Gasteiger partial charge in [0.25, 0.3) is 0 Å². The first-order valence-electron chi connectivity index (χ1n) is 3.66. The van der Waals surface area contributed by atoms with Crippen LogP contribution in [-0.4, -0.2) is 0 Å². The molecular formula is C10H7FN2. The van der Waals surface area contributed by atoms with E-state index in [-0.39, 0.29) is 12.4 Å². The molecule has 0 unspecified atom stereocenters. The van der Waals surface area contributed by atoms with Gasteiger partial charge in [-0.05, 0) is 17.7 Å². The predicted molar refractivity (Wildman–Crippen MR) is 46.8 cm³/mol. The molecule has 1 aromatic rings. The number of rotatable bonds is 1. The molecule has 0 amide bonds. The van der Waals surface area contributed by atoms with E-state index in [2.05, 4.69) is 11.8 Å². The van der Waals surface area contributed by atoms with Gasteiger partial charge >= 0.3 is 0 Å². The normalized spacial score (nSPS) is 8.38. The second kappa shape index (κ2) is 4.25. The smallest absolute Gasteiger partial charge is 0.152 e. The largest absolute Gasteiger partial charge is 0.326 e. The van der Waals surface area contributed by atoms with Gasteiger partial charge in [0.2, 0.25) is 0 Å². The molecule has 0 saturated heterocycles. The lowest BCUT2D eigenvalue weighted by atomic mass is 10.1. The summed E-state index contributed by atoms with van der Waals surface area (Å²) in [6.07, 6.45) is 0. The van der Waals surface area contributed by atoms with Gasteiger partial charge in [-0.2, -0.15) is 5.26 Å². The predicted octanol–water partition coefficient (Wildman–Crippen LogP) is 1.16. The number of hydrogen-bond donors (Lipinski definition) is 1. The van der Waals surface area contributed by atoms with Crippen LogP contribution in [0.2, 0.25) is 0 Å². The number of nitriles is 1. The molecular weight excluding hydrogens is 167 g/mol. The maximum atomic E-state index is 12.7. The average molecular weight is 174 g/mol. The van der Waals surface area contributed by atoms with Crippen molar-refractivity contribution in [3.05, 3.63) is 35.1 Å². The number of nitrogens with zero attached hydrogens (tertiary/aromatic N) is 1. The van der Waals surface area contributed by atoms with Crippen LogP contribution in [0.15, 0.2) is 18.2 Å². The van der Waals surface area contributed by atoms with Gasteiger partial charge in [0, 0.05) is 18.0 Å². The summed E-state index contributed by atoms with van der Waals surface area (Å²) in [5, 5.41) is 8.21. The molecule has 0 spiro atoms. The molecule has 0 heterocycles. The van der Waals surface area contributed by atoms with Crippen molar-refractivity contribution in [2.24, 2.45) is 5.73 Å². The summed E-state index contributed by atoms with van der Waals surface area (Å²) in [7, 11) is 0. The van der Waals surface area contributed by atoms with Crippen LogP contribution in [0.5, 0.6) is 0 Å². The third-order valence-corrected chi connectivity index (χ3v) is 1.54. The summed E-state index contributed by atoms with van der Waals surface area (Å²) < 4.78 is 12.7. The van der Waals surface area contributed by atoms with Crippen LogP contribution in [-0.2, 0) is 6.54 Å². The Morgan fingerprint density at radius 2 is 2.23 bits per heavy atom. The molecule has 13 heavy (non-hydrogen) atoms. The fourth-order valence-corrected chi connectivity index (χ4v) is 0.938. The Labute approximate surface area is 75.8 Å². The van der Waals surface area contributed by atoms with Gasteiger partial charge in [-0.25, -0.2) is 4.39 Å². The molecule has 1 aromatic carbocycles. The van der Waals surface area contributed by atoms with Gasteiger partial charge in [-0.3, -0.25) is 0 Å². The molecule has 0 aliphatic carbocycles.